The van der Waals surface area contributed by atoms with Crippen LogP contribution in [0.15, 0.2) is 18.2 Å². The fourth-order valence-electron chi connectivity index (χ4n) is 2.94. The molecule has 0 aliphatic heterocycles. The van der Waals surface area contributed by atoms with E-state index in [-0.39, 0.29) is 11.3 Å². The number of nitrogen functional groups attached to an aromatic ring is 1. The minimum absolute atomic E-state index is 0.0477. The van der Waals surface area contributed by atoms with Gasteiger partial charge in [-0.15, -0.1) is 0 Å². The zero-order valence-electron chi connectivity index (χ0n) is 12.5. The molecule has 4 nitrogen and oxygen atoms in total. The summed E-state index contributed by atoms with van der Waals surface area (Å²) in [6, 6.07) is 5.65. The van der Waals surface area contributed by atoms with Gasteiger partial charge in [-0.05, 0) is 37.3 Å². The molecule has 0 unspecified atom stereocenters. The molecule has 1 aromatic carbocycles. The number of hydrogen-bond donors (Lipinski definition) is 3. The molecular weight excluding hydrogens is 250 g/mol. The highest BCUT2D eigenvalue weighted by molar-refractivity contribution is 5.99. The van der Waals surface area contributed by atoms with Gasteiger partial charge in [0, 0.05) is 6.54 Å². The normalized spacial score (nSPS) is 17.6. The van der Waals surface area contributed by atoms with Gasteiger partial charge in [-0.1, -0.05) is 37.8 Å². The average molecular weight is 275 g/mol. The van der Waals surface area contributed by atoms with Gasteiger partial charge >= 0.3 is 0 Å². The van der Waals surface area contributed by atoms with Crippen LogP contribution in [0.4, 0.5) is 5.69 Å². The zero-order chi connectivity index (χ0) is 14.6. The second kappa shape index (κ2) is 6.27. The van der Waals surface area contributed by atoms with Gasteiger partial charge in [-0.25, -0.2) is 0 Å². The second-order valence-corrected chi connectivity index (χ2v) is 6.25. The summed E-state index contributed by atoms with van der Waals surface area (Å²) >= 11 is 0. The molecule has 0 spiro atoms. The van der Waals surface area contributed by atoms with Crippen LogP contribution in [0.25, 0.3) is 0 Å². The van der Waals surface area contributed by atoms with E-state index in [0.717, 1.165) is 12.1 Å². The lowest BCUT2D eigenvalue weighted by molar-refractivity contribution is 0.0920. The molecule has 0 atom stereocenters. The maximum atomic E-state index is 12.4. The SMILES string of the molecule is Cc1ccc(NN)c(C(=O)NCC2(C)CCCCC2)c1. The van der Waals surface area contributed by atoms with E-state index in [9.17, 15) is 4.79 Å². The van der Waals surface area contributed by atoms with E-state index < -0.39 is 0 Å². The highest BCUT2D eigenvalue weighted by Crippen LogP contribution is 2.35. The Bertz CT molecular complexity index is 479. The van der Waals surface area contributed by atoms with Gasteiger partial charge in [0.15, 0.2) is 0 Å². The minimum atomic E-state index is -0.0477. The summed E-state index contributed by atoms with van der Waals surface area (Å²) in [5, 5.41) is 3.08. The average Bonchev–Trinajstić information content (AvgIpc) is 2.45. The van der Waals surface area contributed by atoms with Crippen LogP contribution < -0.4 is 16.6 Å². The Balaban J connectivity index is 2.03. The molecule has 0 radical (unpaired) electrons. The molecule has 1 aliphatic carbocycles. The molecule has 4 heteroatoms. The van der Waals surface area contributed by atoms with Crippen molar-refractivity contribution in [3.05, 3.63) is 29.3 Å². The predicted octanol–water partition coefficient (Wildman–Crippen LogP) is 2.98. The maximum absolute atomic E-state index is 12.4. The molecule has 1 saturated carbocycles. The van der Waals surface area contributed by atoms with Gasteiger partial charge in [0.25, 0.3) is 5.91 Å². The number of carbonyl (C=O) groups excluding carboxylic acids is 1. The van der Waals surface area contributed by atoms with Gasteiger partial charge in [-0.3, -0.25) is 10.6 Å². The summed E-state index contributed by atoms with van der Waals surface area (Å²) in [5.74, 6) is 5.43. The quantitative estimate of drug-likeness (QED) is 0.584. The lowest BCUT2D eigenvalue weighted by atomic mass is 9.76. The molecule has 110 valence electrons. The molecule has 20 heavy (non-hydrogen) atoms. The monoisotopic (exact) mass is 275 g/mol. The largest absolute Gasteiger partial charge is 0.351 e. The Kier molecular flexibility index (Phi) is 4.65. The van der Waals surface area contributed by atoms with Gasteiger partial charge in [0.05, 0.1) is 11.3 Å². The molecule has 4 N–H and O–H groups in total. The molecule has 1 aromatic rings. The first-order valence-corrected chi connectivity index (χ1v) is 7.40. The van der Waals surface area contributed by atoms with Crippen LogP contribution in [-0.2, 0) is 0 Å². The lowest BCUT2D eigenvalue weighted by Crippen LogP contribution is -2.37. The molecule has 1 fully saturated rings. The first-order chi connectivity index (χ1) is 9.54. The number of carbonyl (C=O) groups is 1. The van der Waals surface area contributed by atoms with Crippen molar-refractivity contribution in [3.8, 4) is 0 Å². The van der Waals surface area contributed by atoms with Crippen LogP contribution in [0.2, 0.25) is 0 Å². The van der Waals surface area contributed by atoms with E-state index in [1.54, 1.807) is 0 Å². The molecule has 1 aliphatic rings. The molecule has 1 amide bonds. The molecular formula is C16H25N3O. The van der Waals surface area contributed by atoms with Gasteiger partial charge < -0.3 is 10.7 Å². The third kappa shape index (κ3) is 3.51. The topological polar surface area (TPSA) is 67.1 Å². The molecule has 0 saturated heterocycles. The Labute approximate surface area is 121 Å². The van der Waals surface area contributed by atoms with E-state index in [0.29, 0.717) is 11.3 Å². The summed E-state index contributed by atoms with van der Waals surface area (Å²) in [4.78, 5) is 12.4. The summed E-state index contributed by atoms with van der Waals surface area (Å²) in [5.41, 5.74) is 5.17. The Hall–Kier alpha value is -1.55. The third-order valence-electron chi connectivity index (χ3n) is 4.31. The number of hydrazine groups is 1. The Morgan fingerprint density at radius 1 is 1.30 bits per heavy atom. The molecule has 2 rings (SSSR count). The van der Waals surface area contributed by atoms with Crippen molar-refractivity contribution in [3.63, 3.8) is 0 Å². The number of hydrogen-bond acceptors (Lipinski definition) is 3. The van der Waals surface area contributed by atoms with Crippen LogP contribution in [0.3, 0.4) is 0 Å². The number of benzene rings is 1. The zero-order valence-corrected chi connectivity index (χ0v) is 12.5. The fraction of sp³-hybridized carbons (Fsp3) is 0.562. The fourth-order valence-corrected chi connectivity index (χ4v) is 2.94. The van der Waals surface area contributed by atoms with E-state index in [1.165, 1.54) is 32.1 Å². The highest BCUT2D eigenvalue weighted by Gasteiger charge is 2.27. The van der Waals surface area contributed by atoms with Crippen LogP contribution in [0.1, 0.15) is 54.9 Å². The van der Waals surface area contributed by atoms with Crippen molar-refractivity contribution >= 4 is 11.6 Å². The lowest BCUT2D eigenvalue weighted by Gasteiger charge is -2.33. The third-order valence-corrected chi connectivity index (χ3v) is 4.31. The van der Waals surface area contributed by atoms with Crippen LogP contribution in [0.5, 0.6) is 0 Å². The number of anilines is 1. The highest BCUT2D eigenvalue weighted by atomic mass is 16.1. The number of aryl methyl sites for hydroxylation is 1. The predicted molar refractivity (Wildman–Crippen MR) is 82.5 cm³/mol. The minimum Gasteiger partial charge on any atom is -0.351 e. The molecule has 0 bridgehead atoms. The first kappa shape index (κ1) is 14.9. The van der Waals surface area contributed by atoms with Gasteiger partial charge in [0.2, 0.25) is 0 Å². The molecule has 0 heterocycles. The number of nitrogens with one attached hydrogen (secondary N) is 2. The van der Waals surface area contributed by atoms with Crippen molar-refractivity contribution in [1.82, 2.24) is 5.32 Å². The van der Waals surface area contributed by atoms with E-state index in [1.807, 2.05) is 25.1 Å². The van der Waals surface area contributed by atoms with E-state index in [2.05, 4.69) is 17.7 Å². The summed E-state index contributed by atoms with van der Waals surface area (Å²) in [6.45, 7) is 4.98. The molecule has 0 aromatic heterocycles. The van der Waals surface area contributed by atoms with E-state index in [4.69, 9.17) is 5.84 Å². The van der Waals surface area contributed by atoms with Gasteiger partial charge in [-0.2, -0.15) is 0 Å². The second-order valence-electron chi connectivity index (χ2n) is 6.25. The van der Waals surface area contributed by atoms with Crippen molar-refractivity contribution in [2.45, 2.75) is 46.0 Å². The van der Waals surface area contributed by atoms with E-state index >= 15 is 0 Å². The van der Waals surface area contributed by atoms with Crippen molar-refractivity contribution in [2.24, 2.45) is 11.3 Å². The standard InChI is InChI=1S/C16H25N3O/c1-12-6-7-14(19-17)13(10-12)15(20)18-11-16(2)8-4-3-5-9-16/h6-7,10,19H,3-5,8-9,11,17H2,1-2H3,(H,18,20). The first-order valence-electron chi connectivity index (χ1n) is 7.40. The van der Waals surface area contributed by atoms with Gasteiger partial charge in [0.1, 0.15) is 0 Å². The number of amides is 1. The Morgan fingerprint density at radius 2 is 2.00 bits per heavy atom. The number of rotatable bonds is 4. The van der Waals surface area contributed by atoms with Crippen LogP contribution in [-0.4, -0.2) is 12.5 Å². The van der Waals surface area contributed by atoms with Crippen molar-refractivity contribution in [1.29, 1.82) is 0 Å². The summed E-state index contributed by atoms with van der Waals surface area (Å²) in [6.07, 6.45) is 6.26. The van der Waals surface area contributed by atoms with Crippen molar-refractivity contribution < 1.29 is 4.79 Å². The van der Waals surface area contributed by atoms with Crippen LogP contribution >= 0.6 is 0 Å². The number of nitrogens with two attached hydrogens (primary N) is 1. The van der Waals surface area contributed by atoms with Crippen molar-refractivity contribution in [2.75, 3.05) is 12.0 Å². The summed E-state index contributed by atoms with van der Waals surface area (Å²) in [7, 11) is 0. The summed E-state index contributed by atoms with van der Waals surface area (Å²) < 4.78 is 0. The van der Waals surface area contributed by atoms with Crippen LogP contribution in [0, 0.1) is 12.3 Å². The maximum Gasteiger partial charge on any atom is 0.253 e. The smallest absolute Gasteiger partial charge is 0.253 e. The Morgan fingerprint density at radius 3 is 2.65 bits per heavy atom.